The Labute approximate surface area is 156 Å². The van der Waals surface area contributed by atoms with E-state index in [2.05, 4.69) is 0 Å². The first-order chi connectivity index (χ1) is 12.4. The van der Waals surface area contributed by atoms with Gasteiger partial charge < -0.3 is 9.64 Å². The fourth-order valence-electron chi connectivity index (χ4n) is 2.93. The summed E-state index contributed by atoms with van der Waals surface area (Å²) < 4.78 is 42.2. The number of sulfone groups is 1. The summed E-state index contributed by atoms with van der Waals surface area (Å²) in [5.74, 6) is -0.730. The summed E-state index contributed by atoms with van der Waals surface area (Å²) in [4.78, 5) is 14.2. The van der Waals surface area contributed by atoms with E-state index in [0.717, 1.165) is 6.07 Å². The van der Waals surface area contributed by atoms with Gasteiger partial charge >= 0.3 is 0 Å². The molecule has 3 rings (SSSR count). The van der Waals surface area contributed by atoms with E-state index >= 15 is 0 Å². The van der Waals surface area contributed by atoms with Gasteiger partial charge in [-0.1, -0.05) is 29.8 Å². The topological polar surface area (TPSA) is 63.7 Å². The zero-order valence-electron chi connectivity index (χ0n) is 13.8. The Balaban J connectivity index is 1.79. The third-order valence-electron chi connectivity index (χ3n) is 4.12. The summed E-state index contributed by atoms with van der Waals surface area (Å²) in [7, 11) is -3.16. The lowest BCUT2D eigenvalue weighted by Crippen LogP contribution is -2.43. The van der Waals surface area contributed by atoms with Crippen molar-refractivity contribution in [3.05, 3.63) is 59.4 Å². The van der Waals surface area contributed by atoms with Gasteiger partial charge in [-0.05, 0) is 36.8 Å². The van der Waals surface area contributed by atoms with Crippen LogP contribution in [0.5, 0.6) is 5.75 Å². The summed E-state index contributed by atoms with van der Waals surface area (Å²) in [6, 6.07) is 12.0. The number of hydrogen-bond acceptors (Lipinski definition) is 4. The minimum Gasteiger partial charge on any atom is -0.482 e. The zero-order valence-corrected chi connectivity index (χ0v) is 15.3. The van der Waals surface area contributed by atoms with Crippen molar-refractivity contribution in [1.82, 2.24) is 0 Å². The zero-order chi connectivity index (χ0) is 18.7. The van der Waals surface area contributed by atoms with Gasteiger partial charge in [0.15, 0.2) is 16.4 Å². The van der Waals surface area contributed by atoms with Gasteiger partial charge in [0.1, 0.15) is 11.6 Å². The highest BCUT2D eigenvalue weighted by Crippen LogP contribution is 2.27. The van der Waals surface area contributed by atoms with Gasteiger partial charge in [-0.25, -0.2) is 12.8 Å². The molecule has 1 amide bonds. The molecule has 1 fully saturated rings. The summed E-state index contributed by atoms with van der Waals surface area (Å²) in [6.45, 7) is -0.337. The van der Waals surface area contributed by atoms with Crippen molar-refractivity contribution < 1.29 is 22.3 Å². The largest absolute Gasteiger partial charge is 0.482 e. The summed E-state index contributed by atoms with van der Waals surface area (Å²) in [5, 5.41) is 0.0625. The standard InChI is InChI=1S/C18H17ClFNO4S/c19-16-10-13(20)6-7-17(16)25-11-18(22)21(14-4-2-1-3-5-14)15-8-9-26(23,24)12-15/h1-7,10,15H,8-9,11-12H2/t15-/m0/s1. The van der Waals surface area contributed by atoms with Crippen LogP contribution in [-0.2, 0) is 14.6 Å². The number of rotatable bonds is 5. The number of amides is 1. The van der Waals surface area contributed by atoms with Crippen LogP contribution in [-0.4, -0.2) is 38.5 Å². The number of ether oxygens (including phenoxy) is 1. The van der Waals surface area contributed by atoms with Gasteiger partial charge in [-0.3, -0.25) is 4.79 Å². The molecule has 26 heavy (non-hydrogen) atoms. The van der Waals surface area contributed by atoms with Gasteiger partial charge in [0.25, 0.3) is 5.91 Å². The maximum Gasteiger partial charge on any atom is 0.265 e. The molecule has 0 radical (unpaired) electrons. The second-order valence-electron chi connectivity index (χ2n) is 6.02. The molecular weight excluding hydrogens is 381 g/mol. The van der Waals surface area contributed by atoms with Crippen molar-refractivity contribution in [2.75, 3.05) is 23.0 Å². The van der Waals surface area contributed by atoms with E-state index in [4.69, 9.17) is 16.3 Å². The molecule has 0 aliphatic carbocycles. The van der Waals surface area contributed by atoms with Crippen LogP contribution in [0.15, 0.2) is 48.5 Å². The average Bonchev–Trinajstić information content (AvgIpc) is 2.95. The van der Waals surface area contributed by atoms with E-state index in [1.54, 1.807) is 24.3 Å². The van der Waals surface area contributed by atoms with Crippen molar-refractivity contribution >= 4 is 33.0 Å². The molecule has 0 bridgehead atoms. The molecule has 2 aromatic carbocycles. The molecule has 0 aromatic heterocycles. The van der Waals surface area contributed by atoms with E-state index in [9.17, 15) is 17.6 Å². The quantitative estimate of drug-likeness (QED) is 0.777. The number of carbonyl (C=O) groups excluding carboxylic acids is 1. The molecule has 2 aromatic rings. The second-order valence-corrected chi connectivity index (χ2v) is 8.66. The van der Waals surface area contributed by atoms with Gasteiger partial charge in [-0.2, -0.15) is 0 Å². The Bertz CT molecular complexity index is 905. The lowest BCUT2D eigenvalue weighted by Gasteiger charge is -2.28. The Morgan fingerprint density at radius 1 is 1.23 bits per heavy atom. The van der Waals surface area contributed by atoms with Gasteiger partial charge in [-0.15, -0.1) is 0 Å². The molecule has 0 N–H and O–H groups in total. The van der Waals surface area contributed by atoms with E-state index in [-0.39, 0.29) is 28.9 Å². The lowest BCUT2D eigenvalue weighted by atomic mass is 10.2. The predicted octanol–water partition coefficient (Wildman–Crippen LogP) is 3.08. The van der Waals surface area contributed by atoms with E-state index < -0.39 is 27.6 Å². The molecule has 1 aliphatic heterocycles. The number of carbonyl (C=O) groups is 1. The number of halogens is 2. The average molecular weight is 398 g/mol. The van der Waals surface area contributed by atoms with Crippen LogP contribution >= 0.6 is 11.6 Å². The Kier molecular flexibility index (Phi) is 5.48. The van der Waals surface area contributed by atoms with Crippen molar-refractivity contribution in [1.29, 1.82) is 0 Å². The molecule has 1 heterocycles. The third kappa shape index (κ3) is 4.34. The van der Waals surface area contributed by atoms with Crippen LogP contribution < -0.4 is 9.64 Å². The van der Waals surface area contributed by atoms with Crippen LogP contribution in [0.3, 0.4) is 0 Å². The van der Waals surface area contributed by atoms with Crippen LogP contribution in [0.4, 0.5) is 10.1 Å². The minimum atomic E-state index is -3.16. The monoisotopic (exact) mass is 397 g/mol. The van der Waals surface area contributed by atoms with Gasteiger partial charge in [0.2, 0.25) is 0 Å². The normalized spacial score (nSPS) is 18.5. The number of benzene rings is 2. The van der Waals surface area contributed by atoms with Gasteiger partial charge in [0, 0.05) is 5.69 Å². The van der Waals surface area contributed by atoms with Crippen LogP contribution in [0.1, 0.15) is 6.42 Å². The van der Waals surface area contributed by atoms with E-state index in [0.29, 0.717) is 12.1 Å². The highest BCUT2D eigenvalue weighted by atomic mass is 35.5. The Morgan fingerprint density at radius 3 is 2.58 bits per heavy atom. The van der Waals surface area contributed by atoms with Crippen LogP contribution in [0.2, 0.25) is 5.02 Å². The molecule has 1 saturated heterocycles. The Hall–Kier alpha value is -2.12. The first-order valence-corrected chi connectivity index (χ1v) is 10.2. The van der Waals surface area contributed by atoms with Crippen molar-refractivity contribution in [2.24, 2.45) is 0 Å². The molecular formula is C18H17ClFNO4S. The first kappa shape index (κ1) is 18.7. The molecule has 0 spiro atoms. The lowest BCUT2D eigenvalue weighted by molar-refractivity contribution is -0.121. The molecule has 0 saturated carbocycles. The first-order valence-electron chi connectivity index (χ1n) is 8.01. The van der Waals surface area contributed by atoms with Crippen LogP contribution in [0.25, 0.3) is 0 Å². The maximum atomic E-state index is 13.1. The fraction of sp³-hybridized carbons (Fsp3) is 0.278. The molecule has 1 atom stereocenters. The molecule has 5 nitrogen and oxygen atoms in total. The van der Waals surface area contributed by atoms with E-state index in [1.165, 1.54) is 17.0 Å². The number of anilines is 1. The van der Waals surface area contributed by atoms with Crippen molar-refractivity contribution in [3.63, 3.8) is 0 Å². The molecule has 0 unspecified atom stereocenters. The highest BCUT2D eigenvalue weighted by molar-refractivity contribution is 7.91. The summed E-state index contributed by atoms with van der Waals surface area (Å²) in [6.07, 6.45) is 0.375. The van der Waals surface area contributed by atoms with Crippen molar-refractivity contribution in [2.45, 2.75) is 12.5 Å². The predicted molar refractivity (Wildman–Crippen MR) is 97.9 cm³/mol. The maximum absolute atomic E-state index is 13.1. The molecule has 1 aliphatic rings. The summed E-state index contributed by atoms with van der Waals surface area (Å²) in [5.41, 5.74) is 0.605. The number of hydrogen-bond donors (Lipinski definition) is 0. The number of para-hydroxylation sites is 1. The molecule has 138 valence electrons. The second kappa shape index (κ2) is 7.63. The fourth-order valence-corrected chi connectivity index (χ4v) is 4.85. The summed E-state index contributed by atoms with van der Waals surface area (Å²) >= 11 is 5.90. The van der Waals surface area contributed by atoms with Crippen molar-refractivity contribution in [3.8, 4) is 5.75 Å². The number of nitrogens with zero attached hydrogens (tertiary/aromatic N) is 1. The Morgan fingerprint density at radius 2 is 1.96 bits per heavy atom. The minimum absolute atomic E-state index is 0.0545. The highest BCUT2D eigenvalue weighted by Gasteiger charge is 2.35. The SMILES string of the molecule is O=C(COc1ccc(F)cc1Cl)N(c1ccccc1)[C@H]1CCS(=O)(=O)C1. The smallest absolute Gasteiger partial charge is 0.265 e. The van der Waals surface area contributed by atoms with Crippen LogP contribution in [0, 0.1) is 5.82 Å². The third-order valence-corrected chi connectivity index (χ3v) is 6.17. The van der Waals surface area contributed by atoms with Gasteiger partial charge in [0.05, 0.1) is 22.6 Å². The van der Waals surface area contributed by atoms with E-state index in [1.807, 2.05) is 6.07 Å². The molecule has 8 heteroatoms.